The van der Waals surface area contributed by atoms with Gasteiger partial charge < -0.3 is 20.5 Å². The average Bonchev–Trinajstić information content (AvgIpc) is 3.30. The molecule has 2 saturated heterocycles. The van der Waals surface area contributed by atoms with Crippen LogP contribution in [0.2, 0.25) is 0 Å². The van der Waals surface area contributed by atoms with E-state index in [1.54, 1.807) is 0 Å². The molecular formula is C19H24N6. The summed E-state index contributed by atoms with van der Waals surface area (Å²) < 4.78 is 0. The number of hydrogen-bond donors (Lipinski definition) is 2. The minimum Gasteiger partial charge on any atom is -0.382 e. The second-order valence-corrected chi connectivity index (χ2v) is 7.27. The van der Waals surface area contributed by atoms with Crippen LogP contribution in [0.4, 0.5) is 11.5 Å². The van der Waals surface area contributed by atoms with Gasteiger partial charge in [0.2, 0.25) is 0 Å². The molecule has 0 atom stereocenters. The number of aromatic nitrogens is 3. The van der Waals surface area contributed by atoms with Gasteiger partial charge >= 0.3 is 0 Å². The van der Waals surface area contributed by atoms with E-state index < -0.39 is 0 Å². The molecule has 2 fully saturated rings. The number of rotatable bonds is 2. The van der Waals surface area contributed by atoms with Crippen LogP contribution in [0.25, 0.3) is 21.9 Å². The Morgan fingerprint density at radius 3 is 2.68 bits per heavy atom. The molecule has 25 heavy (non-hydrogen) atoms. The fourth-order valence-corrected chi connectivity index (χ4v) is 4.60. The van der Waals surface area contributed by atoms with Crippen molar-refractivity contribution in [2.45, 2.75) is 31.7 Å². The highest BCUT2D eigenvalue weighted by Crippen LogP contribution is 2.37. The Morgan fingerprint density at radius 2 is 1.88 bits per heavy atom. The molecule has 0 radical (unpaired) electrons. The maximum atomic E-state index is 6.33. The molecular weight excluding hydrogens is 312 g/mol. The van der Waals surface area contributed by atoms with Gasteiger partial charge in [-0.1, -0.05) is 0 Å². The van der Waals surface area contributed by atoms with E-state index in [4.69, 9.17) is 5.73 Å². The molecule has 0 amide bonds. The predicted octanol–water partition coefficient (Wildman–Crippen LogP) is 2.76. The first-order valence-electron chi connectivity index (χ1n) is 9.31. The van der Waals surface area contributed by atoms with Crippen LogP contribution in [-0.2, 0) is 0 Å². The Bertz CT molecular complexity index is 903. The maximum absolute atomic E-state index is 6.33. The minimum absolute atomic E-state index is 0.622. The van der Waals surface area contributed by atoms with E-state index in [2.05, 4.69) is 30.8 Å². The number of nitrogen functional groups attached to an aromatic ring is 1. The third-order valence-electron chi connectivity index (χ3n) is 5.85. The summed E-state index contributed by atoms with van der Waals surface area (Å²) in [5.41, 5.74) is 9.32. The highest BCUT2D eigenvalue weighted by atomic mass is 15.2. The number of fused-ring (bicyclic) bond motifs is 3. The molecule has 5 rings (SSSR count). The Morgan fingerprint density at radius 1 is 1.08 bits per heavy atom. The number of hydrogen-bond acceptors (Lipinski definition) is 5. The first-order chi connectivity index (χ1) is 12.3. The van der Waals surface area contributed by atoms with E-state index in [9.17, 15) is 0 Å². The van der Waals surface area contributed by atoms with E-state index in [0.717, 1.165) is 46.8 Å². The quantitative estimate of drug-likeness (QED) is 0.753. The lowest BCUT2D eigenvalue weighted by molar-refractivity contribution is 0.208. The van der Waals surface area contributed by atoms with Crippen molar-refractivity contribution in [1.82, 2.24) is 19.9 Å². The average molecular weight is 336 g/mol. The fourth-order valence-electron chi connectivity index (χ4n) is 4.60. The molecule has 3 aromatic heterocycles. The summed E-state index contributed by atoms with van der Waals surface area (Å²) in [5, 5.41) is 2.29. The normalized spacial score (nSPS) is 20.1. The summed E-state index contributed by atoms with van der Waals surface area (Å²) in [6.07, 6.45) is 8.77. The highest BCUT2D eigenvalue weighted by Gasteiger charge is 2.28. The second kappa shape index (κ2) is 5.88. The van der Waals surface area contributed by atoms with E-state index in [1.807, 2.05) is 18.5 Å². The standard InChI is InChI=1S/C19H24N6/c20-18-17(25-10-5-13(6-11-25)24-8-1-2-9-24)16-14-4-3-7-21-19(14)23-15(16)12-22-18/h3-4,7,12-13H,1-2,5-6,8-11H2,(H2,20,22)(H,21,23). The van der Waals surface area contributed by atoms with Crippen LogP contribution in [0.5, 0.6) is 0 Å². The topological polar surface area (TPSA) is 74.1 Å². The predicted molar refractivity (Wildman–Crippen MR) is 102 cm³/mol. The molecule has 2 aliphatic rings. The zero-order valence-electron chi connectivity index (χ0n) is 14.4. The summed E-state index contributed by atoms with van der Waals surface area (Å²) in [7, 11) is 0. The Balaban J connectivity index is 1.51. The first kappa shape index (κ1) is 15.0. The number of aromatic amines is 1. The molecule has 6 heteroatoms. The number of likely N-dealkylation sites (tertiary alicyclic amines) is 1. The van der Waals surface area contributed by atoms with Crippen LogP contribution in [0, 0.1) is 0 Å². The van der Waals surface area contributed by atoms with Crippen LogP contribution in [0.3, 0.4) is 0 Å². The third kappa shape index (κ3) is 2.43. The second-order valence-electron chi connectivity index (χ2n) is 7.27. The first-order valence-corrected chi connectivity index (χ1v) is 9.31. The van der Waals surface area contributed by atoms with Crippen LogP contribution < -0.4 is 10.6 Å². The third-order valence-corrected chi connectivity index (χ3v) is 5.85. The molecule has 3 aromatic rings. The summed E-state index contributed by atoms with van der Waals surface area (Å²) in [4.78, 5) is 17.4. The van der Waals surface area contributed by atoms with Crippen molar-refractivity contribution < 1.29 is 0 Å². The Hall–Kier alpha value is -2.34. The molecule has 0 bridgehead atoms. The largest absolute Gasteiger partial charge is 0.382 e. The number of nitrogens with one attached hydrogen (secondary N) is 1. The van der Waals surface area contributed by atoms with Crippen molar-refractivity contribution in [3.63, 3.8) is 0 Å². The lowest BCUT2D eigenvalue weighted by atomic mass is 10.0. The van der Waals surface area contributed by atoms with Gasteiger partial charge in [0.15, 0.2) is 0 Å². The van der Waals surface area contributed by atoms with Crippen LogP contribution >= 0.6 is 0 Å². The van der Waals surface area contributed by atoms with E-state index in [-0.39, 0.29) is 0 Å². The molecule has 130 valence electrons. The van der Waals surface area contributed by atoms with Gasteiger partial charge in [-0.25, -0.2) is 9.97 Å². The van der Waals surface area contributed by atoms with Gasteiger partial charge in [0, 0.05) is 36.1 Å². The number of nitrogens with two attached hydrogens (primary N) is 1. The van der Waals surface area contributed by atoms with Crippen LogP contribution in [0.1, 0.15) is 25.7 Å². The van der Waals surface area contributed by atoms with Crippen molar-refractivity contribution in [3.8, 4) is 0 Å². The fraction of sp³-hybridized carbons (Fsp3) is 0.474. The maximum Gasteiger partial charge on any atom is 0.147 e. The zero-order valence-corrected chi connectivity index (χ0v) is 14.4. The smallest absolute Gasteiger partial charge is 0.147 e. The van der Waals surface area contributed by atoms with Gasteiger partial charge in [-0.3, -0.25) is 0 Å². The summed E-state index contributed by atoms with van der Waals surface area (Å²) >= 11 is 0. The van der Waals surface area contributed by atoms with Crippen LogP contribution in [-0.4, -0.2) is 52.1 Å². The van der Waals surface area contributed by atoms with E-state index in [0.29, 0.717) is 5.82 Å². The molecule has 0 spiro atoms. The van der Waals surface area contributed by atoms with E-state index >= 15 is 0 Å². The summed E-state index contributed by atoms with van der Waals surface area (Å²) in [6.45, 7) is 4.63. The SMILES string of the molecule is Nc1ncc2[nH]c3ncccc3c2c1N1CCC(N2CCCC2)CC1. The number of piperidine rings is 1. The molecule has 5 heterocycles. The van der Waals surface area contributed by atoms with Crippen molar-refractivity contribution in [2.24, 2.45) is 0 Å². The Kier molecular flexibility index (Phi) is 3.52. The van der Waals surface area contributed by atoms with Gasteiger partial charge in [0.25, 0.3) is 0 Å². The molecule has 3 N–H and O–H groups in total. The van der Waals surface area contributed by atoms with Gasteiger partial charge in [0.1, 0.15) is 11.5 Å². The molecule has 0 aliphatic carbocycles. The lowest BCUT2D eigenvalue weighted by Gasteiger charge is -2.38. The number of pyridine rings is 2. The molecule has 0 unspecified atom stereocenters. The molecule has 6 nitrogen and oxygen atoms in total. The molecule has 0 aromatic carbocycles. The number of nitrogens with zero attached hydrogens (tertiary/aromatic N) is 4. The zero-order chi connectivity index (χ0) is 16.8. The van der Waals surface area contributed by atoms with Gasteiger partial charge in [-0.2, -0.15) is 0 Å². The molecule has 0 saturated carbocycles. The van der Waals surface area contributed by atoms with Gasteiger partial charge in [-0.15, -0.1) is 0 Å². The van der Waals surface area contributed by atoms with Crippen molar-refractivity contribution in [2.75, 3.05) is 36.8 Å². The lowest BCUT2D eigenvalue weighted by Crippen LogP contribution is -2.44. The number of H-pyrrole nitrogens is 1. The summed E-state index contributed by atoms with van der Waals surface area (Å²) in [6, 6.07) is 4.83. The van der Waals surface area contributed by atoms with Gasteiger partial charge in [-0.05, 0) is 50.9 Å². The van der Waals surface area contributed by atoms with Crippen molar-refractivity contribution in [3.05, 3.63) is 24.5 Å². The number of anilines is 2. The monoisotopic (exact) mass is 336 g/mol. The van der Waals surface area contributed by atoms with Crippen molar-refractivity contribution in [1.29, 1.82) is 0 Å². The highest BCUT2D eigenvalue weighted by molar-refractivity contribution is 6.14. The van der Waals surface area contributed by atoms with Gasteiger partial charge in [0.05, 0.1) is 17.4 Å². The summed E-state index contributed by atoms with van der Waals surface area (Å²) in [5.74, 6) is 0.622. The van der Waals surface area contributed by atoms with E-state index in [1.165, 1.54) is 38.8 Å². The van der Waals surface area contributed by atoms with Crippen molar-refractivity contribution >= 4 is 33.4 Å². The van der Waals surface area contributed by atoms with Crippen LogP contribution in [0.15, 0.2) is 24.5 Å². The minimum atomic E-state index is 0.622. The Labute approximate surface area is 147 Å². The molecule has 2 aliphatic heterocycles.